The van der Waals surface area contributed by atoms with E-state index < -0.39 is 0 Å². The second-order valence-corrected chi connectivity index (χ2v) is 5.42. The summed E-state index contributed by atoms with van der Waals surface area (Å²) >= 11 is 0. The molecule has 0 heterocycles. The number of rotatable bonds is 4. The third kappa shape index (κ3) is 3.96. The van der Waals surface area contributed by atoms with E-state index in [0.29, 0.717) is 0 Å². The topological polar surface area (TPSA) is 52.6 Å². The first-order valence-electron chi connectivity index (χ1n) is 6.64. The summed E-state index contributed by atoms with van der Waals surface area (Å²) in [7, 11) is 1.93. The number of nitrogens with zero attached hydrogens (tertiary/aromatic N) is 1. The summed E-state index contributed by atoms with van der Waals surface area (Å²) in [6, 6.07) is 0.0986. The third-order valence-electron chi connectivity index (χ3n) is 3.64. The molecule has 1 saturated carbocycles. The van der Waals surface area contributed by atoms with E-state index in [1.807, 2.05) is 32.7 Å². The van der Waals surface area contributed by atoms with Crippen molar-refractivity contribution >= 4 is 5.91 Å². The van der Waals surface area contributed by atoms with E-state index in [-0.39, 0.29) is 30.1 Å². The molecule has 0 saturated heterocycles. The van der Waals surface area contributed by atoms with Crippen LogP contribution in [0.15, 0.2) is 0 Å². The van der Waals surface area contributed by atoms with Crippen LogP contribution in [0.1, 0.15) is 46.5 Å². The SMILES string of the molecule is CC(C)NC(=O)C(C)N(C)C1CCCCC1O. The Bertz CT molecular complexity index is 256. The Hall–Kier alpha value is -0.610. The van der Waals surface area contributed by atoms with E-state index >= 15 is 0 Å². The monoisotopic (exact) mass is 242 g/mol. The van der Waals surface area contributed by atoms with Crippen LogP contribution >= 0.6 is 0 Å². The van der Waals surface area contributed by atoms with Crippen LogP contribution in [-0.4, -0.2) is 47.2 Å². The van der Waals surface area contributed by atoms with Crippen molar-refractivity contribution in [1.29, 1.82) is 0 Å². The first kappa shape index (κ1) is 14.5. The minimum atomic E-state index is -0.289. The van der Waals surface area contributed by atoms with Crippen LogP contribution < -0.4 is 5.32 Å². The fourth-order valence-corrected chi connectivity index (χ4v) is 2.44. The van der Waals surface area contributed by atoms with Gasteiger partial charge >= 0.3 is 0 Å². The number of hydrogen-bond donors (Lipinski definition) is 2. The van der Waals surface area contributed by atoms with E-state index in [1.165, 1.54) is 0 Å². The number of hydrogen-bond acceptors (Lipinski definition) is 3. The van der Waals surface area contributed by atoms with Crippen LogP contribution in [0.3, 0.4) is 0 Å². The Labute approximate surface area is 104 Å². The zero-order valence-electron chi connectivity index (χ0n) is 11.4. The van der Waals surface area contributed by atoms with Crippen LogP contribution in [0.4, 0.5) is 0 Å². The molecule has 1 aliphatic carbocycles. The van der Waals surface area contributed by atoms with Gasteiger partial charge in [0, 0.05) is 12.1 Å². The molecule has 1 amide bonds. The van der Waals surface area contributed by atoms with Crippen molar-refractivity contribution in [1.82, 2.24) is 10.2 Å². The third-order valence-corrected chi connectivity index (χ3v) is 3.64. The molecule has 1 fully saturated rings. The first-order valence-corrected chi connectivity index (χ1v) is 6.64. The van der Waals surface area contributed by atoms with Gasteiger partial charge < -0.3 is 10.4 Å². The van der Waals surface area contributed by atoms with Gasteiger partial charge in [-0.3, -0.25) is 9.69 Å². The number of likely N-dealkylation sites (N-methyl/N-ethyl adjacent to an activating group) is 1. The minimum Gasteiger partial charge on any atom is -0.391 e. The Morgan fingerprint density at radius 2 is 1.88 bits per heavy atom. The van der Waals surface area contributed by atoms with Crippen LogP contribution in [0.2, 0.25) is 0 Å². The highest BCUT2D eigenvalue weighted by molar-refractivity contribution is 5.81. The Morgan fingerprint density at radius 1 is 1.29 bits per heavy atom. The van der Waals surface area contributed by atoms with Gasteiger partial charge in [0.1, 0.15) is 0 Å². The number of aliphatic hydroxyl groups is 1. The second kappa shape index (κ2) is 6.36. The predicted molar refractivity (Wildman–Crippen MR) is 68.8 cm³/mol. The van der Waals surface area contributed by atoms with E-state index in [4.69, 9.17) is 0 Å². The highest BCUT2D eigenvalue weighted by atomic mass is 16.3. The molecule has 0 spiro atoms. The molecule has 4 nitrogen and oxygen atoms in total. The lowest BCUT2D eigenvalue weighted by atomic mass is 9.91. The zero-order chi connectivity index (χ0) is 13.0. The fraction of sp³-hybridized carbons (Fsp3) is 0.923. The molecule has 1 rings (SSSR count). The number of amides is 1. The lowest BCUT2D eigenvalue weighted by molar-refractivity contribution is -0.128. The molecular formula is C13H26N2O2. The van der Waals surface area contributed by atoms with Gasteiger partial charge in [0.25, 0.3) is 0 Å². The van der Waals surface area contributed by atoms with Gasteiger partial charge in [-0.25, -0.2) is 0 Å². The summed E-state index contributed by atoms with van der Waals surface area (Å²) in [5.74, 6) is 0.0419. The maximum absolute atomic E-state index is 11.9. The van der Waals surface area contributed by atoms with Gasteiger partial charge in [0.2, 0.25) is 5.91 Å². The normalized spacial score (nSPS) is 27.2. The quantitative estimate of drug-likeness (QED) is 0.777. The molecule has 0 radical (unpaired) electrons. The van der Waals surface area contributed by atoms with Crippen LogP contribution in [0.5, 0.6) is 0 Å². The van der Waals surface area contributed by atoms with Crippen molar-refractivity contribution in [2.24, 2.45) is 0 Å². The molecule has 0 aromatic rings. The van der Waals surface area contributed by atoms with Gasteiger partial charge in [0.15, 0.2) is 0 Å². The molecule has 17 heavy (non-hydrogen) atoms. The van der Waals surface area contributed by atoms with Crippen LogP contribution in [0.25, 0.3) is 0 Å². The van der Waals surface area contributed by atoms with Gasteiger partial charge in [-0.2, -0.15) is 0 Å². The molecule has 4 heteroatoms. The number of nitrogens with one attached hydrogen (secondary N) is 1. The molecule has 0 aliphatic heterocycles. The maximum atomic E-state index is 11.9. The zero-order valence-corrected chi connectivity index (χ0v) is 11.4. The summed E-state index contributed by atoms with van der Waals surface area (Å²) in [5, 5.41) is 12.9. The predicted octanol–water partition coefficient (Wildman–Crippen LogP) is 1.13. The highest BCUT2D eigenvalue weighted by Gasteiger charge is 2.31. The van der Waals surface area contributed by atoms with E-state index in [9.17, 15) is 9.90 Å². The van der Waals surface area contributed by atoms with Crippen molar-refractivity contribution in [3.63, 3.8) is 0 Å². The molecule has 3 unspecified atom stereocenters. The standard InChI is InChI=1S/C13H26N2O2/c1-9(2)14-13(17)10(3)15(4)11-7-5-6-8-12(11)16/h9-12,16H,5-8H2,1-4H3,(H,14,17). The largest absolute Gasteiger partial charge is 0.391 e. The molecule has 3 atom stereocenters. The van der Waals surface area contributed by atoms with Crippen molar-refractivity contribution in [3.05, 3.63) is 0 Å². The van der Waals surface area contributed by atoms with E-state index in [1.54, 1.807) is 0 Å². The molecule has 0 aromatic carbocycles. The van der Waals surface area contributed by atoms with Crippen molar-refractivity contribution in [3.8, 4) is 0 Å². The lowest BCUT2D eigenvalue weighted by Gasteiger charge is -2.38. The summed E-state index contributed by atoms with van der Waals surface area (Å²) in [5.41, 5.74) is 0. The average Bonchev–Trinajstić information content (AvgIpc) is 2.27. The maximum Gasteiger partial charge on any atom is 0.237 e. The summed E-state index contributed by atoms with van der Waals surface area (Å²) in [6.07, 6.45) is 3.79. The highest BCUT2D eigenvalue weighted by Crippen LogP contribution is 2.23. The minimum absolute atomic E-state index is 0.0419. The van der Waals surface area contributed by atoms with Crippen molar-refractivity contribution < 1.29 is 9.90 Å². The summed E-state index contributed by atoms with van der Waals surface area (Å²) < 4.78 is 0. The first-order chi connectivity index (χ1) is 7.93. The average molecular weight is 242 g/mol. The second-order valence-electron chi connectivity index (χ2n) is 5.42. The number of aliphatic hydroxyl groups excluding tert-OH is 1. The molecule has 2 N–H and O–H groups in total. The fourth-order valence-electron chi connectivity index (χ4n) is 2.44. The van der Waals surface area contributed by atoms with Gasteiger partial charge in [-0.05, 0) is 40.7 Å². The molecule has 0 bridgehead atoms. The summed E-state index contributed by atoms with van der Waals surface area (Å²) in [6.45, 7) is 5.82. The van der Waals surface area contributed by atoms with E-state index in [2.05, 4.69) is 5.32 Å². The van der Waals surface area contributed by atoms with Crippen LogP contribution in [0, 0.1) is 0 Å². The Balaban J connectivity index is 2.55. The Morgan fingerprint density at radius 3 is 2.41 bits per heavy atom. The molecule has 0 aromatic heterocycles. The van der Waals surface area contributed by atoms with E-state index in [0.717, 1.165) is 25.7 Å². The number of carbonyl (C=O) groups is 1. The van der Waals surface area contributed by atoms with Crippen molar-refractivity contribution in [2.75, 3.05) is 7.05 Å². The van der Waals surface area contributed by atoms with Gasteiger partial charge in [-0.15, -0.1) is 0 Å². The number of carbonyl (C=O) groups excluding carboxylic acids is 1. The lowest BCUT2D eigenvalue weighted by Crippen LogP contribution is -2.53. The molecular weight excluding hydrogens is 216 g/mol. The van der Waals surface area contributed by atoms with Gasteiger partial charge in [0.05, 0.1) is 12.1 Å². The smallest absolute Gasteiger partial charge is 0.237 e. The Kier molecular flexibility index (Phi) is 5.40. The van der Waals surface area contributed by atoms with Crippen LogP contribution in [-0.2, 0) is 4.79 Å². The van der Waals surface area contributed by atoms with Crippen molar-refractivity contribution in [2.45, 2.75) is 70.7 Å². The molecule has 100 valence electrons. The molecule has 1 aliphatic rings. The van der Waals surface area contributed by atoms with Gasteiger partial charge in [-0.1, -0.05) is 12.8 Å². The summed E-state index contributed by atoms with van der Waals surface area (Å²) in [4.78, 5) is 13.9.